The molecule has 5 heteroatoms. The number of likely N-dealkylation sites (tertiary alicyclic amines) is 1. The number of piperidine rings is 1. The number of nitrogens with one attached hydrogen (secondary N) is 1. The number of ether oxygens (including phenoxy) is 1. The summed E-state index contributed by atoms with van der Waals surface area (Å²) in [6.07, 6.45) is 0.875. The number of nitrogens with zero attached hydrogens (tertiary/aromatic N) is 1. The summed E-state index contributed by atoms with van der Waals surface area (Å²) in [5, 5.41) is 2.70. The Balaban J connectivity index is 2.45. The average Bonchev–Trinajstić information content (AvgIpc) is 2.20. The molecule has 0 aromatic carbocycles. The maximum absolute atomic E-state index is 11.3. The fourth-order valence-corrected chi connectivity index (χ4v) is 1.89. The molecule has 15 heavy (non-hydrogen) atoms. The van der Waals surface area contributed by atoms with Gasteiger partial charge in [0.1, 0.15) is 0 Å². The maximum atomic E-state index is 11.3. The Hall–Kier alpha value is -1.10. The molecule has 0 spiro atoms. The molecule has 5 nitrogen and oxygen atoms in total. The summed E-state index contributed by atoms with van der Waals surface area (Å²) in [5.74, 6) is -1.10. The monoisotopic (exact) mass is 214 g/mol. The first-order valence-electron chi connectivity index (χ1n) is 5.12. The predicted octanol–water partition coefficient (Wildman–Crippen LogP) is -0.384. The summed E-state index contributed by atoms with van der Waals surface area (Å²) >= 11 is 0. The van der Waals surface area contributed by atoms with E-state index in [2.05, 4.69) is 28.9 Å². The van der Waals surface area contributed by atoms with Gasteiger partial charge in [0.05, 0.1) is 7.11 Å². The van der Waals surface area contributed by atoms with Gasteiger partial charge in [-0.05, 0) is 25.9 Å². The number of rotatable bonds is 1. The van der Waals surface area contributed by atoms with Crippen molar-refractivity contribution in [1.82, 2.24) is 10.2 Å². The smallest absolute Gasteiger partial charge is 0.396 e. The van der Waals surface area contributed by atoms with E-state index in [1.807, 2.05) is 0 Å². The van der Waals surface area contributed by atoms with Gasteiger partial charge in [-0.25, -0.2) is 4.79 Å². The topological polar surface area (TPSA) is 58.6 Å². The Morgan fingerprint density at radius 2 is 2.13 bits per heavy atom. The van der Waals surface area contributed by atoms with Crippen LogP contribution < -0.4 is 5.32 Å². The lowest BCUT2D eigenvalue weighted by Gasteiger charge is -2.34. The van der Waals surface area contributed by atoms with Crippen molar-refractivity contribution in [3.05, 3.63) is 0 Å². The van der Waals surface area contributed by atoms with Gasteiger partial charge in [0.25, 0.3) is 0 Å². The third-order valence-electron chi connectivity index (χ3n) is 2.80. The molecule has 86 valence electrons. The van der Waals surface area contributed by atoms with Crippen molar-refractivity contribution in [2.45, 2.75) is 19.4 Å². The van der Waals surface area contributed by atoms with Crippen LogP contribution in [0.5, 0.6) is 0 Å². The highest BCUT2D eigenvalue weighted by atomic mass is 16.5. The molecule has 0 aromatic rings. The van der Waals surface area contributed by atoms with Gasteiger partial charge in [0, 0.05) is 12.6 Å². The molecule has 1 N–H and O–H groups in total. The molecule has 1 amide bonds. The maximum Gasteiger partial charge on any atom is 0.396 e. The molecule has 1 rings (SSSR count). The zero-order chi connectivity index (χ0) is 11.4. The Morgan fingerprint density at radius 3 is 2.67 bits per heavy atom. The minimum atomic E-state index is -0.818. The van der Waals surface area contributed by atoms with Crippen LogP contribution in [0.25, 0.3) is 0 Å². The molecule has 0 saturated carbocycles. The molecule has 2 unspecified atom stereocenters. The molecule has 1 aliphatic heterocycles. The normalized spacial score (nSPS) is 27.1. The number of amides is 1. The zero-order valence-electron chi connectivity index (χ0n) is 9.45. The molecular formula is C10H18N2O3. The van der Waals surface area contributed by atoms with Crippen molar-refractivity contribution in [3.8, 4) is 0 Å². The zero-order valence-corrected chi connectivity index (χ0v) is 9.45. The van der Waals surface area contributed by atoms with Crippen LogP contribution in [0.15, 0.2) is 0 Å². The van der Waals surface area contributed by atoms with Crippen molar-refractivity contribution in [1.29, 1.82) is 0 Å². The summed E-state index contributed by atoms with van der Waals surface area (Å²) in [4.78, 5) is 24.4. The Bertz CT molecular complexity index is 255. The van der Waals surface area contributed by atoms with Crippen molar-refractivity contribution in [2.24, 2.45) is 5.92 Å². The molecule has 1 aliphatic rings. The van der Waals surface area contributed by atoms with Crippen molar-refractivity contribution >= 4 is 11.9 Å². The largest absolute Gasteiger partial charge is 0.462 e. The molecular weight excluding hydrogens is 196 g/mol. The summed E-state index contributed by atoms with van der Waals surface area (Å²) in [5.41, 5.74) is 0. The Kier molecular flexibility index (Phi) is 4.08. The van der Waals surface area contributed by atoms with Crippen LogP contribution in [0.3, 0.4) is 0 Å². The number of hydrogen-bond acceptors (Lipinski definition) is 4. The predicted molar refractivity (Wildman–Crippen MR) is 55.2 cm³/mol. The van der Waals surface area contributed by atoms with E-state index in [-0.39, 0.29) is 6.04 Å². The van der Waals surface area contributed by atoms with Gasteiger partial charge < -0.3 is 15.0 Å². The average molecular weight is 214 g/mol. The van der Waals surface area contributed by atoms with E-state index in [4.69, 9.17) is 0 Å². The summed E-state index contributed by atoms with van der Waals surface area (Å²) in [6.45, 7) is 3.94. The molecule has 0 aromatic heterocycles. The number of esters is 1. The van der Waals surface area contributed by atoms with Gasteiger partial charge in [0.15, 0.2) is 0 Å². The van der Waals surface area contributed by atoms with E-state index in [0.29, 0.717) is 5.92 Å². The second kappa shape index (κ2) is 5.11. The number of carbonyl (C=O) groups excluding carboxylic acids is 2. The third kappa shape index (κ3) is 3.20. The van der Waals surface area contributed by atoms with Gasteiger partial charge in [-0.2, -0.15) is 0 Å². The molecule has 1 saturated heterocycles. The van der Waals surface area contributed by atoms with Gasteiger partial charge in [0.2, 0.25) is 0 Å². The molecule has 1 heterocycles. The van der Waals surface area contributed by atoms with Gasteiger partial charge in [-0.1, -0.05) is 6.92 Å². The van der Waals surface area contributed by atoms with Crippen LogP contribution in [-0.2, 0) is 14.3 Å². The third-order valence-corrected chi connectivity index (χ3v) is 2.80. The fourth-order valence-electron chi connectivity index (χ4n) is 1.89. The fraction of sp³-hybridized carbons (Fsp3) is 0.800. The standard InChI is InChI=1S/C10H18N2O3/c1-7-6-12(2)5-4-8(7)11-9(13)10(14)15-3/h7-8H,4-6H2,1-3H3,(H,11,13). The Labute approximate surface area is 89.8 Å². The highest BCUT2D eigenvalue weighted by molar-refractivity contribution is 6.32. The summed E-state index contributed by atoms with van der Waals surface area (Å²) in [6, 6.07) is 0.0767. The molecule has 0 bridgehead atoms. The van der Waals surface area contributed by atoms with Crippen LogP contribution in [0, 0.1) is 5.92 Å². The van der Waals surface area contributed by atoms with Gasteiger partial charge in [-0.3, -0.25) is 4.79 Å². The van der Waals surface area contributed by atoms with Crippen LogP contribution in [0.1, 0.15) is 13.3 Å². The van der Waals surface area contributed by atoms with Crippen LogP contribution in [0.4, 0.5) is 0 Å². The van der Waals surface area contributed by atoms with Crippen LogP contribution >= 0.6 is 0 Å². The quantitative estimate of drug-likeness (QED) is 0.477. The van der Waals surface area contributed by atoms with Crippen LogP contribution in [0.2, 0.25) is 0 Å². The lowest BCUT2D eigenvalue weighted by molar-refractivity contribution is -0.153. The number of methoxy groups -OCH3 is 1. The molecule has 0 radical (unpaired) electrons. The SMILES string of the molecule is COC(=O)C(=O)NC1CCN(C)CC1C. The van der Waals surface area contributed by atoms with E-state index in [1.165, 1.54) is 7.11 Å². The molecule has 2 atom stereocenters. The molecule has 0 aliphatic carbocycles. The lowest BCUT2D eigenvalue weighted by atomic mass is 9.94. The van der Waals surface area contributed by atoms with E-state index >= 15 is 0 Å². The highest BCUT2D eigenvalue weighted by Crippen LogP contribution is 2.15. The molecule has 1 fully saturated rings. The van der Waals surface area contributed by atoms with Gasteiger partial charge >= 0.3 is 11.9 Å². The second-order valence-corrected chi connectivity index (χ2v) is 4.10. The van der Waals surface area contributed by atoms with Crippen molar-refractivity contribution in [3.63, 3.8) is 0 Å². The van der Waals surface area contributed by atoms with E-state index < -0.39 is 11.9 Å². The highest BCUT2D eigenvalue weighted by Gasteiger charge is 2.27. The summed E-state index contributed by atoms with van der Waals surface area (Å²) in [7, 11) is 3.26. The minimum Gasteiger partial charge on any atom is -0.462 e. The first-order chi connectivity index (χ1) is 7.04. The lowest BCUT2D eigenvalue weighted by Crippen LogP contribution is -2.50. The number of carbonyl (C=O) groups is 2. The van der Waals surface area contributed by atoms with Crippen LogP contribution in [-0.4, -0.2) is 50.1 Å². The Morgan fingerprint density at radius 1 is 1.47 bits per heavy atom. The second-order valence-electron chi connectivity index (χ2n) is 4.10. The van der Waals surface area contributed by atoms with Crippen molar-refractivity contribution < 1.29 is 14.3 Å². The van der Waals surface area contributed by atoms with E-state index in [0.717, 1.165) is 19.5 Å². The van der Waals surface area contributed by atoms with E-state index in [9.17, 15) is 9.59 Å². The first kappa shape index (κ1) is 12.0. The van der Waals surface area contributed by atoms with E-state index in [1.54, 1.807) is 0 Å². The summed E-state index contributed by atoms with van der Waals surface area (Å²) < 4.78 is 4.35. The van der Waals surface area contributed by atoms with Gasteiger partial charge in [-0.15, -0.1) is 0 Å². The van der Waals surface area contributed by atoms with Crippen molar-refractivity contribution in [2.75, 3.05) is 27.2 Å². The number of hydrogen-bond donors (Lipinski definition) is 1. The first-order valence-corrected chi connectivity index (χ1v) is 5.12. The minimum absolute atomic E-state index is 0.0767.